The second kappa shape index (κ2) is 3.77. The topological polar surface area (TPSA) is 43.4 Å². The minimum Gasteiger partial charge on any atom is -0.500 e. The van der Waals surface area contributed by atoms with E-state index in [9.17, 15) is 9.59 Å². The SMILES string of the molecule is COC1=C(C(C)=O)C(=O)SC(C)(C)C1. The first-order chi connectivity index (χ1) is 6.37. The molecule has 0 spiro atoms. The number of carbonyl (C=O) groups excluding carboxylic acids is 2. The van der Waals surface area contributed by atoms with Crippen LogP contribution in [0.2, 0.25) is 0 Å². The van der Waals surface area contributed by atoms with Crippen LogP contribution in [0.5, 0.6) is 0 Å². The van der Waals surface area contributed by atoms with Crippen molar-refractivity contribution in [3.8, 4) is 0 Å². The number of hydrogen-bond acceptors (Lipinski definition) is 4. The van der Waals surface area contributed by atoms with E-state index >= 15 is 0 Å². The Morgan fingerprint density at radius 1 is 1.50 bits per heavy atom. The van der Waals surface area contributed by atoms with Crippen molar-refractivity contribution in [2.24, 2.45) is 0 Å². The summed E-state index contributed by atoms with van der Waals surface area (Å²) >= 11 is 1.20. The van der Waals surface area contributed by atoms with Gasteiger partial charge in [-0.2, -0.15) is 0 Å². The van der Waals surface area contributed by atoms with Crippen molar-refractivity contribution in [1.82, 2.24) is 0 Å². The average molecular weight is 214 g/mol. The Labute approximate surface area is 87.9 Å². The fourth-order valence-electron chi connectivity index (χ4n) is 1.44. The molecular formula is C10H14O3S. The Morgan fingerprint density at radius 2 is 2.07 bits per heavy atom. The lowest BCUT2D eigenvalue weighted by atomic mass is 10.0. The van der Waals surface area contributed by atoms with Gasteiger partial charge in [0.2, 0.25) is 5.12 Å². The van der Waals surface area contributed by atoms with Crippen LogP contribution in [-0.2, 0) is 14.3 Å². The van der Waals surface area contributed by atoms with E-state index in [0.717, 1.165) is 0 Å². The van der Waals surface area contributed by atoms with Gasteiger partial charge >= 0.3 is 0 Å². The van der Waals surface area contributed by atoms with Gasteiger partial charge in [-0.1, -0.05) is 11.8 Å². The van der Waals surface area contributed by atoms with Gasteiger partial charge in [0.1, 0.15) is 11.3 Å². The summed E-state index contributed by atoms with van der Waals surface area (Å²) < 4.78 is 4.92. The molecule has 0 radical (unpaired) electrons. The lowest BCUT2D eigenvalue weighted by Gasteiger charge is -2.29. The second-order valence-corrected chi connectivity index (χ2v) is 5.56. The van der Waals surface area contributed by atoms with E-state index in [4.69, 9.17) is 4.74 Å². The molecule has 78 valence electrons. The number of ether oxygens (including phenoxy) is 1. The molecular weight excluding hydrogens is 200 g/mol. The Bertz CT molecular complexity index is 315. The van der Waals surface area contributed by atoms with E-state index in [1.807, 2.05) is 13.8 Å². The molecule has 0 atom stereocenters. The molecule has 1 heterocycles. The molecule has 0 saturated heterocycles. The van der Waals surface area contributed by atoms with Gasteiger partial charge < -0.3 is 4.74 Å². The molecule has 4 heteroatoms. The number of ketones is 1. The van der Waals surface area contributed by atoms with Gasteiger partial charge in [0.15, 0.2) is 5.78 Å². The van der Waals surface area contributed by atoms with Gasteiger partial charge in [-0.3, -0.25) is 9.59 Å². The molecule has 0 N–H and O–H groups in total. The minimum atomic E-state index is -0.213. The molecule has 0 saturated carbocycles. The summed E-state index contributed by atoms with van der Waals surface area (Å²) in [7, 11) is 1.50. The summed E-state index contributed by atoms with van der Waals surface area (Å²) in [5.41, 5.74) is 0.219. The summed E-state index contributed by atoms with van der Waals surface area (Å²) in [5, 5.41) is -0.175. The van der Waals surface area contributed by atoms with E-state index in [1.165, 1.54) is 25.8 Å². The van der Waals surface area contributed by atoms with Crippen LogP contribution in [0.25, 0.3) is 0 Å². The van der Waals surface area contributed by atoms with Crippen molar-refractivity contribution in [3.05, 3.63) is 11.3 Å². The van der Waals surface area contributed by atoms with Gasteiger partial charge in [0, 0.05) is 11.2 Å². The summed E-state index contributed by atoms with van der Waals surface area (Å²) in [5.74, 6) is 0.307. The second-order valence-electron chi connectivity index (χ2n) is 3.88. The molecule has 0 amide bonds. The van der Waals surface area contributed by atoms with E-state index < -0.39 is 0 Å². The van der Waals surface area contributed by atoms with Crippen LogP contribution in [0, 0.1) is 0 Å². The predicted octanol–water partition coefficient (Wildman–Crippen LogP) is 1.92. The first kappa shape index (κ1) is 11.3. The Balaban J connectivity index is 3.14. The van der Waals surface area contributed by atoms with Crippen LogP contribution in [0.4, 0.5) is 0 Å². The molecule has 0 aromatic carbocycles. The number of allylic oxidation sites excluding steroid dienone is 1. The lowest BCUT2D eigenvalue weighted by Crippen LogP contribution is -2.28. The highest BCUT2D eigenvalue weighted by molar-refractivity contribution is 8.15. The average Bonchev–Trinajstić information content (AvgIpc) is 1.99. The van der Waals surface area contributed by atoms with Crippen LogP contribution in [0.15, 0.2) is 11.3 Å². The standard InChI is InChI=1S/C10H14O3S/c1-6(11)8-7(13-4)5-10(2,3)14-9(8)12/h5H2,1-4H3. The molecule has 0 fully saturated rings. The maximum absolute atomic E-state index is 11.6. The molecule has 0 aromatic rings. The van der Waals surface area contributed by atoms with Crippen LogP contribution in [-0.4, -0.2) is 22.8 Å². The third-order valence-electron chi connectivity index (χ3n) is 2.04. The maximum Gasteiger partial charge on any atom is 0.226 e. The van der Waals surface area contributed by atoms with Gasteiger partial charge in [0.25, 0.3) is 0 Å². The monoisotopic (exact) mass is 214 g/mol. The Hall–Kier alpha value is -0.770. The van der Waals surface area contributed by atoms with E-state index in [-0.39, 0.29) is 21.2 Å². The summed E-state index contributed by atoms with van der Waals surface area (Å²) in [6, 6.07) is 0. The molecule has 0 aromatic heterocycles. The predicted molar refractivity (Wildman–Crippen MR) is 56.0 cm³/mol. The highest BCUT2D eigenvalue weighted by atomic mass is 32.2. The van der Waals surface area contributed by atoms with Crippen molar-refractivity contribution in [2.75, 3.05) is 7.11 Å². The summed E-state index contributed by atoms with van der Waals surface area (Å²) in [4.78, 5) is 22.8. The van der Waals surface area contributed by atoms with Gasteiger partial charge in [0.05, 0.1) is 7.11 Å². The number of methoxy groups -OCH3 is 1. The molecule has 14 heavy (non-hydrogen) atoms. The molecule has 1 aliphatic rings. The number of carbonyl (C=O) groups is 2. The van der Waals surface area contributed by atoms with E-state index in [2.05, 4.69) is 0 Å². The number of rotatable bonds is 2. The quantitative estimate of drug-likeness (QED) is 0.659. The summed E-state index contributed by atoms with van der Waals surface area (Å²) in [6.07, 6.45) is 0.620. The van der Waals surface area contributed by atoms with Crippen molar-refractivity contribution in [3.63, 3.8) is 0 Å². The summed E-state index contributed by atoms with van der Waals surface area (Å²) in [6.45, 7) is 5.32. The molecule has 3 nitrogen and oxygen atoms in total. The molecule has 0 bridgehead atoms. The molecule has 0 aliphatic carbocycles. The third-order valence-corrected chi connectivity index (χ3v) is 3.12. The van der Waals surface area contributed by atoms with Gasteiger partial charge in [-0.15, -0.1) is 0 Å². The minimum absolute atomic E-state index is 0.175. The van der Waals surface area contributed by atoms with Crippen molar-refractivity contribution in [1.29, 1.82) is 0 Å². The normalized spacial score (nSPS) is 21.0. The smallest absolute Gasteiger partial charge is 0.226 e. The Kier molecular flexibility index (Phi) is 3.04. The fraction of sp³-hybridized carbons (Fsp3) is 0.600. The van der Waals surface area contributed by atoms with Crippen LogP contribution < -0.4 is 0 Å². The lowest BCUT2D eigenvalue weighted by molar-refractivity contribution is -0.117. The van der Waals surface area contributed by atoms with Crippen LogP contribution in [0.1, 0.15) is 27.2 Å². The molecule has 1 rings (SSSR count). The number of Topliss-reactive ketones (excluding diaryl/α,β-unsaturated/α-hetero) is 1. The third kappa shape index (κ3) is 2.18. The zero-order chi connectivity index (χ0) is 10.9. The van der Waals surface area contributed by atoms with Crippen LogP contribution >= 0.6 is 11.8 Å². The van der Waals surface area contributed by atoms with Gasteiger partial charge in [-0.05, 0) is 20.8 Å². The van der Waals surface area contributed by atoms with Crippen molar-refractivity contribution >= 4 is 22.7 Å². The first-order valence-corrected chi connectivity index (χ1v) is 5.20. The largest absolute Gasteiger partial charge is 0.500 e. The first-order valence-electron chi connectivity index (χ1n) is 4.39. The van der Waals surface area contributed by atoms with E-state index in [1.54, 1.807) is 0 Å². The van der Waals surface area contributed by atoms with Crippen molar-refractivity contribution in [2.45, 2.75) is 31.9 Å². The number of hydrogen-bond donors (Lipinski definition) is 0. The fourth-order valence-corrected chi connectivity index (χ4v) is 2.51. The van der Waals surface area contributed by atoms with E-state index in [0.29, 0.717) is 12.2 Å². The van der Waals surface area contributed by atoms with Crippen LogP contribution in [0.3, 0.4) is 0 Å². The van der Waals surface area contributed by atoms with Gasteiger partial charge in [-0.25, -0.2) is 0 Å². The highest BCUT2D eigenvalue weighted by Crippen LogP contribution is 2.40. The maximum atomic E-state index is 11.6. The zero-order valence-corrected chi connectivity index (χ0v) is 9.66. The van der Waals surface area contributed by atoms with Crippen molar-refractivity contribution < 1.29 is 14.3 Å². The molecule has 1 aliphatic heterocycles. The zero-order valence-electron chi connectivity index (χ0n) is 8.84. The number of thioether (sulfide) groups is 1. The highest BCUT2D eigenvalue weighted by Gasteiger charge is 2.36. The Morgan fingerprint density at radius 3 is 2.50 bits per heavy atom. The molecule has 0 unspecified atom stereocenters.